The Morgan fingerprint density at radius 1 is 0.446 bits per heavy atom. The van der Waals surface area contributed by atoms with Crippen LogP contribution in [0, 0.1) is 0 Å². The molecule has 0 unspecified atom stereocenters. The van der Waals surface area contributed by atoms with Gasteiger partial charge in [0.05, 0.1) is 6.10 Å². The van der Waals surface area contributed by atoms with Crippen molar-refractivity contribution in [2.45, 2.75) is 51.5 Å². The van der Waals surface area contributed by atoms with E-state index >= 15 is 0 Å². The number of aliphatic hydroxyl groups is 1. The predicted octanol–water partition coefficient (Wildman–Crippen LogP) is 10.6. The molecule has 1 aliphatic heterocycles. The molecule has 0 saturated heterocycles. The minimum Gasteiger partial charge on any atom is -0.488 e. The summed E-state index contributed by atoms with van der Waals surface area (Å²) in [6, 6.07) is 58.3. The van der Waals surface area contributed by atoms with Gasteiger partial charge in [0.2, 0.25) is 0 Å². The molecule has 0 fully saturated rings. The predicted molar refractivity (Wildman–Crippen MR) is 218 cm³/mol. The normalized spacial score (nSPS) is 14.6. The van der Waals surface area contributed by atoms with Crippen LogP contribution in [0.15, 0.2) is 176 Å². The Balaban J connectivity index is 1.17. The molecule has 0 aliphatic carbocycles. The van der Waals surface area contributed by atoms with Crippen LogP contribution in [0.25, 0.3) is 0 Å². The van der Waals surface area contributed by atoms with Gasteiger partial charge in [0.1, 0.15) is 49.8 Å². The topological polar surface area (TPSA) is 66.4 Å². The molecule has 0 saturated carbocycles. The second-order valence-corrected chi connectivity index (χ2v) is 13.9. The largest absolute Gasteiger partial charge is 0.488 e. The molecule has 8 rings (SSSR count). The van der Waals surface area contributed by atoms with Gasteiger partial charge in [0, 0.05) is 30.0 Å². The van der Waals surface area contributed by atoms with Gasteiger partial charge in [-0.3, -0.25) is 0 Å². The lowest BCUT2D eigenvalue weighted by Gasteiger charge is -2.34. The van der Waals surface area contributed by atoms with E-state index in [0.717, 1.165) is 44.5 Å². The molecule has 6 heteroatoms. The fourth-order valence-electron chi connectivity index (χ4n) is 6.95. The summed E-state index contributed by atoms with van der Waals surface area (Å²) in [6.07, 6.45) is -0.699. The van der Waals surface area contributed by atoms with Crippen molar-refractivity contribution in [1.82, 2.24) is 0 Å². The van der Waals surface area contributed by atoms with Crippen LogP contribution in [0.1, 0.15) is 50.6 Å². The molecule has 0 aromatic heterocycles. The highest BCUT2D eigenvalue weighted by molar-refractivity contribution is 5.60. The number of hydrogen-bond acceptors (Lipinski definition) is 6. The van der Waals surface area contributed by atoms with Gasteiger partial charge in [-0.05, 0) is 45.5 Å². The summed E-state index contributed by atoms with van der Waals surface area (Å²) in [5, 5.41) is 11.9. The Kier molecular flexibility index (Phi) is 11.6. The summed E-state index contributed by atoms with van der Waals surface area (Å²) in [5.74, 6) is 3.13. The fraction of sp³-hybridized carbons (Fsp3) is 0.160. The van der Waals surface area contributed by atoms with E-state index in [1.54, 1.807) is 0 Å². The van der Waals surface area contributed by atoms with E-state index < -0.39 is 12.2 Å². The van der Waals surface area contributed by atoms with Crippen LogP contribution in [0.5, 0.6) is 28.7 Å². The minimum atomic E-state index is -0.875. The third kappa shape index (κ3) is 9.06. The zero-order valence-electron chi connectivity index (χ0n) is 31.1. The lowest BCUT2D eigenvalue weighted by molar-refractivity contribution is 0.0185. The highest BCUT2D eigenvalue weighted by Crippen LogP contribution is 2.48. The number of fused-ring (bicyclic) bond motifs is 1. The van der Waals surface area contributed by atoms with Crippen molar-refractivity contribution in [3.05, 3.63) is 220 Å². The molecule has 7 aromatic carbocycles. The van der Waals surface area contributed by atoms with Crippen molar-refractivity contribution >= 4 is 0 Å². The van der Waals surface area contributed by atoms with E-state index in [1.165, 1.54) is 0 Å². The first-order chi connectivity index (χ1) is 27.7. The number of rotatable bonds is 15. The monoisotopic (exact) mass is 740 g/mol. The van der Waals surface area contributed by atoms with Gasteiger partial charge in [0.15, 0.2) is 11.5 Å². The van der Waals surface area contributed by atoms with Gasteiger partial charge in [-0.1, -0.05) is 158 Å². The van der Waals surface area contributed by atoms with Crippen molar-refractivity contribution in [3.63, 3.8) is 0 Å². The Morgan fingerprint density at radius 3 is 1.38 bits per heavy atom. The molecular formula is C50H44O6. The van der Waals surface area contributed by atoms with Gasteiger partial charge in [0.25, 0.3) is 0 Å². The average molecular weight is 741 g/mol. The molecule has 1 aliphatic rings. The Hall–Kier alpha value is -6.50. The van der Waals surface area contributed by atoms with Crippen molar-refractivity contribution < 1.29 is 28.8 Å². The van der Waals surface area contributed by atoms with E-state index in [0.29, 0.717) is 68.0 Å². The van der Waals surface area contributed by atoms with Crippen molar-refractivity contribution in [2.75, 3.05) is 0 Å². The molecule has 0 spiro atoms. The average Bonchev–Trinajstić information content (AvgIpc) is 3.26. The van der Waals surface area contributed by atoms with E-state index in [1.807, 2.05) is 152 Å². The highest BCUT2D eigenvalue weighted by Gasteiger charge is 2.36. The third-order valence-corrected chi connectivity index (χ3v) is 9.88. The SMILES string of the molecule is O[C@H]1Cc2c(OCc3ccccc3)cc(OCc3ccccc3)c(Cc3ccccc3)c2O[C@H]1c1ccc(OCc2ccccc2)c(OCc2ccccc2)c1. The first-order valence-electron chi connectivity index (χ1n) is 19.0. The van der Waals surface area contributed by atoms with Crippen molar-refractivity contribution in [3.8, 4) is 28.7 Å². The molecule has 56 heavy (non-hydrogen) atoms. The molecule has 0 bridgehead atoms. The van der Waals surface area contributed by atoms with Gasteiger partial charge < -0.3 is 28.8 Å². The highest BCUT2D eigenvalue weighted by atomic mass is 16.5. The summed E-state index contributed by atoms with van der Waals surface area (Å²) in [6.45, 7) is 1.47. The number of hydrogen-bond donors (Lipinski definition) is 1. The summed E-state index contributed by atoms with van der Waals surface area (Å²) in [4.78, 5) is 0. The maximum absolute atomic E-state index is 11.9. The van der Waals surface area contributed by atoms with Crippen LogP contribution in [-0.4, -0.2) is 11.2 Å². The van der Waals surface area contributed by atoms with Crippen LogP contribution in [0.2, 0.25) is 0 Å². The number of ether oxygens (including phenoxy) is 5. The Morgan fingerprint density at radius 2 is 0.875 bits per heavy atom. The first kappa shape index (κ1) is 36.5. The van der Waals surface area contributed by atoms with Crippen LogP contribution in [-0.2, 0) is 39.3 Å². The van der Waals surface area contributed by atoms with Crippen molar-refractivity contribution in [1.29, 1.82) is 0 Å². The van der Waals surface area contributed by atoms with Crippen LogP contribution < -0.4 is 23.7 Å². The lowest BCUT2D eigenvalue weighted by atomic mass is 9.90. The molecule has 1 heterocycles. The van der Waals surface area contributed by atoms with Crippen molar-refractivity contribution in [2.24, 2.45) is 0 Å². The van der Waals surface area contributed by atoms with Gasteiger partial charge in [-0.2, -0.15) is 0 Å². The minimum absolute atomic E-state index is 0.317. The quantitative estimate of drug-likeness (QED) is 0.113. The maximum Gasteiger partial charge on any atom is 0.162 e. The van der Waals surface area contributed by atoms with Gasteiger partial charge in [-0.25, -0.2) is 0 Å². The zero-order valence-corrected chi connectivity index (χ0v) is 31.1. The van der Waals surface area contributed by atoms with E-state index in [4.69, 9.17) is 23.7 Å². The summed E-state index contributed by atoms with van der Waals surface area (Å²) < 4.78 is 32.9. The molecule has 6 nitrogen and oxygen atoms in total. The van der Waals surface area contributed by atoms with Gasteiger partial charge >= 0.3 is 0 Å². The summed E-state index contributed by atoms with van der Waals surface area (Å²) in [7, 11) is 0. The zero-order chi connectivity index (χ0) is 37.9. The molecule has 280 valence electrons. The smallest absolute Gasteiger partial charge is 0.162 e. The molecule has 0 radical (unpaired) electrons. The van der Waals surface area contributed by atoms with Crippen LogP contribution >= 0.6 is 0 Å². The molecule has 1 N–H and O–H groups in total. The second kappa shape index (κ2) is 17.8. The summed E-state index contributed by atoms with van der Waals surface area (Å²) in [5.41, 5.74) is 7.76. The lowest BCUT2D eigenvalue weighted by Crippen LogP contribution is -2.31. The second-order valence-electron chi connectivity index (χ2n) is 13.9. The Bertz CT molecular complexity index is 2300. The Labute approximate surface area is 328 Å². The molecule has 0 amide bonds. The van der Waals surface area contributed by atoms with Gasteiger partial charge in [-0.15, -0.1) is 0 Å². The number of aliphatic hydroxyl groups excluding tert-OH is 1. The molecule has 7 aromatic rings. The van der Waals surface area contributed by atoms with E-state index in [2.05, 4.69) is 24.3 Å². The standard InChI is InChI=1S/C50H44O6/c51-44-30-43-47(54-34-39-22-12-4-13-23-39)31-46(53-33-38-20-10-3-11-21-38)42(28-36-16-6-1-7-17-36)50(43)56-49(44)41-26-27-45(52-32-37-18-8-2-9-19-37)48(29-41)55-35-40-24-14-5-15-25-40/h1-27,29,31,44,49,51H,28,30,32-35H2/t44-,49-/m0/s1. The number of benzene rings is 7. The first-order valence-corrected chi connectivity index (χ1v) is 19.0. The fourth-order valence-corrected chi connectivity index (χ4v) is 6.95. The van der Waals surface area contributed by atoms with Crippen LogP contribution in [0.4, 0.5) is 0 Å². The molecular weight excluding hydrogens is 697 g/mol. The van der Waals surface area contributed by atoms with Crippen LogP contribution in [0.3, 0.4) is 0 Å². The van der Waals surface area contributed by atoms with E-state index in [-0.39, 0.29) is 0 Å². The summed E-state index contributed by atoms with van der Waals surface area (Å²) >= 11 is 0. The maximum atomic E-state index is 11.9. The molecule has 2 atom stereocenters. The third-order valence-electron chi connectivity index (χ3n) is 9.88. The van der Waals surface area contributed by atoms with E-state index in [9.17, 15) is 5.11 Å².